The zero-order chi connectivity index (χ0) is 26.7. The first-order valence-corrected chi connectivity index (χ1v) is 11.7. The van der Waals surface area contributed by atoms with Crippen molar-refractivity contribution >= 4 is 23.7 Å². The number of amides is 3. The molecule has 0 aliphatic carbocycles. The van der Waals surface area contributed by atoms with Gasteiger partial charge in [0.2, 0.25) is 17.7 Å². The van der Waals surface area contributed by atoms with Crippen molar-refractivity contribution in [2.45, 2.75) is 57.3 Å². The van der Waals surface area contributed by atoms with Gasteiger partial charge in [-0.25, -0.2) is 9.78 Å². The third kappa shape index (κ3) is 8.47. The van der Waals surface area contributed by atoms with Gasteiger partial charge in [0, 0.05) is 24.7 Å². The van der Waals surface area contributed by atoms with Crippen LogP contribution in [0.1, 0.15) is 31.5 Å². The molecule has 0 saturated heterocycles. The molecule has 0 aliphatic heterocycles. The molecule has 2 rings (SSSR count). The van der Waals surface area contributed by atoms with Crippen molar-refractivity contribution in [3.8, 4) is 0 Å². The summed E-state index contributed by atoms with van der Waals surface area (Å²) in [5.41, 5.74) is 6.85. The van der Waals surface area contributed by atoms with Crippen molar-refractivity contribution in [2.24, 2.45) is 11.7 Å². The number of aromatic nitrogens is 2. The topological polar surface area (TPSA) is 200 Å². The van der Waals surface area contributed by atoms with Crippen LogP contribution >= 0.6 is 0 Å². The van der Waals surface area contributed by atoms with Gasteiger partial charge in [0.15, 0.2) is 0 Å². The standard InChI is InChI=1S/C24H34N6O6/c1-3-14(2)20(23(34)29-19(24(35)36)9-15-7-5-4-6-8-15)30-22(33)18(10-16-11-26-13-27-16)28-21(32)17(25)12-31/h4-8,11,13-14,17-20,31H,3,9-10,12,25H2,1-2H3,(H,26,27)(H,28,32)(H,29,34)(H,30,33)(H,35,36). The van der Waals surface area contributed by atoms with Gasteiger partial charge in [-0.15, -0.1) is 0 Å². The zero-order valence-corrected chi connectivity index (χ0v) is 20.3. The Morgan fingerprint density at radius 2 is 1.67 bits per heavy atom. The Morgan fingerprint density at radius 3 is 2.22 bits per heavy atom. The second-order valence-corrected chi connectivity index (χ2v) is 8.59. The zero-order valence-electron chi connectivity index (χ0n) is 20.3. The van der Waals surface area contributed by atoms with Gasteiger partial charge in [-0.3, -0.25) is 14.4 Å². The van der Waals surface area contributed by atoms with Gasteiger partial charge in [0.05, 0.1) is 12.9 Å². The summed E-state index contributed by atoms with van der Waals surface area (Å²) in [5.74, 6) is -3.61. The highest BCUT2D eigenvalue weighted by Gasteiger charge is 2.33. The van der Waals surface area contributed by atoms with Crippen molar-refractivity contribution in [3.05, 3.63) is 54.1 Å². The largest absolute Gasteiger partial charge is 0.480 e. The Bertz CT molecular complexity index is 1000. The van der Waals surface area contributed by atoms with Crippen LogP contribution in [0.15, 0.2) is 42.9 Å². The maximum absolute atomic E-state index is 13.2. The van der Waals surface area contributed by atoms with Crippen molar-refractivity contribution in [3.63, 3.8) is 0 Å². The molecule has 3 amide bonds. The average molecular weight is 503 g/mol. The third-order valence-electron chi connectivity index (χ3n) is 5.84. The van der Waals surface area contributed by atoms with Crippen LogP contribution in [-0.2, 0) is 32.0 Å². The number of carbonyl (C=O) groups excluding carboxylic acids is 3. The van der Waals surface area contributed by atoms with Gasteiger partial charge in [0.25, 0.3) is 0 Å². The summed E-state index contributed by atoms with van der Waals surface area (Å²) in [7, 11) is 0. The van der Waals surface area contributed by atoms with Crippen LogP contribution in [-0.4, -0.2) is 74.6 Å². The van der Waals surface area contributed by atoms with Gasteiger partial charge in [-0.05, 0) is 11.5 Å². The van der Waals surface area contributed by atoms with E-state index in [0.717, 1.165) is 5.56 Å². The van der Waals surface area contributed by atoms with Gasteiger partial charge in [0.1, 0.15) is 24.2 Å². The highest BCUT2D eigenvalue weighted by molar-refractivity contribution is 5.94. The quantitative estimate of drug-likeness (QED) is 0.172. The second-order valence-electron chi connectivity index (χ2n) is 8.59. The minimum absolute atomic E-state index is 0.0241. The molecule has 0 radical (unpaired) electrons. The number of benzene rings is 1. The number of nitrogens with two attached hydrogens (primary N) is 1. The number of carboxylic acid groups (broad SMARTS) is 1. The molecular weight excluding hydrogens is 468 g/mol. The van der Waals surface area contributed by atoms with Crippen LogP contribution in [0.3, 0.4) is 0 Å². The molecule has 1 aromatic carbocycles. The van der Waals surface area contributed by atoms with Crippen molar-refractivity contribution in [2.75, 3.05) is 6.61 Å². The number of imidazole rings is 1. The molecule has 5 atom stereocenters. The van der Waals surface area contributed by atoms with Gasteiger partial charge >= 0.3 is 5.97 Å². The number of aromatic amines is 1. The molecule has 196 valence electrons. The first-order valence-electron chi connectivity index (χ1n) is 11.7. The molecule has 0 bridgehead atoms. The molecule has 12 heteroatoms. The number of nitrogens with one attached hydrogen (secondary N) is 4. The Morgan fingerprint density at radius 1 is 1.00 bits per heavy atom. The number of hydrogen-bond acceptors (Lipinski definition) is 7. The monoisotopic (exact) mass is 502 g/mol. The van der Waals surface area contributed by atoms with Crippen LogP contribution < -0.4 is 21.7 Å². The molecule has 1 aromatic heterocycles. The van der Waals surface area contributed by atoms with E-state index < -0.39 is 54.5 Å². The van der Waals surface area contributed by atoms with E-state index in [9.17, 15) is 24.3 Å². The highest BCUT2D eigenvalue weighted by Crippen LogP contribution is 2.11. The smallest absolute Gasteiger partial charge is 0.326 e. The van der Waals surface area contributed by atoms with Crippen LogP contribution in [0.4, 0.5) is 0 Å². The molecule has 0 aliphatic rings. The first kappa shape index (κ1) is 28.5. The average Bonchev–Trinajstić information content (AvgIpc) is 3.38. The Labute approximate surface area is 209 Å². The maximum Gasteiger partial charge on any atom is 0.326 e. The summed E-state index contributed by atoms with van der Waals surface area (Å²) >= 11 is 0. The fourth-order valence-electron chi connectivity index (χ4n) is 3.45. The van der Waals surface area contributed by atoms with E-state index in [-0.39, 0.29) is 18.8 Å². The van der Waals surface area contributed by atoms with Crippen molar-refractivity contribution in [1.29, 1.82) is 0 Å². The van der Waals surface area contributed by atoms with Crippen LogP contribution in [0, 0.1) is 5.92 Å². The van der Waals surface area contributed by atoms with Crippen molar-refractivity contribution in [1.82, 2.24) is 25.9 Å². The molecule has 8 N–H and O–H groups in total. The Hall–Kier alpha value is -3.77. The summed E-state index contributed by atoms with van der Waals surface area (Å²) in [6.07, 6.45) is 3.51. The van der Waals surface area contributed by atoms with Gasteiger partial charge in [-0.2, -0.15) is 0 Å². The van der Waals surface area contributed by atoms with E-state index in [4.69, 9.17) is 10.8 Å². The fourth-order valence-corrected chi connectivity index (χ4v) is 3.45. The number of H-pyrrole nitrogens is 1. The van der Waals surface area contributed by atoms with Crippen LogP contribution in [0.25, 0.3) is 0 Å². The molecule has 0 spiro atoms. The number of carbonyl (C=O) groups is 4. The molecule has 2 aromatic rings. The number of aliphatic hydroxyl groups is 1. The predicted octanol–water partition coefficient (Wildman–Crippen LogP) is -0.900. The minimum atomic E-state index is -1.23. The molecular formula is C24H34N6O6. The number of nitrogens with zero attached hydrogens (tertiary/aromatic N) is 1. The number of hydrogen-bond donors (Lipinski definition) is 7. The predicted molar refractivity (Wildman–Crippen MR) is 130 cm³/mol. The maximum atomic E-state index is 13.2. The lowest BCUT2D eigenvalue weighted by Gasteiger charge is -2.28. The molecule has 5 unspecified atom stereocenters. The molecule has 1 heterocycles. The highest BCUT2D eigenvalue weighted by atomic mass is 16.4. The molecule has 36 heavy (non-hydrogen) atoms. The summed E-state index contributed by atoms with van der Waals surface area (Å²) in [6.45, 7) is 2.97. The van der Waals surface area contributed by atoms with E-state index in [1.807, 2.05) is 6.92 Å². The summed E-state index contributed by atoms with van der Waals surface area (Å²) < 4.78 is 0. The lowest BCUT2D eigenvalue weighted by atomic mass is 9.96. The lowest BCUT2D eigenvalue weighted by molar-refractivity contribution is -0.142. The van der Waals surface area contributed by atoms with E-state index >= 15 is 0 Å². The molecule has 12 nitrogen and oxygen atoms in total. The van der Waals surface area contributed by atoms with Crippen LogP contribution in [0.2, 0.25) is 0 Å². The number of aliphatic carboxylic acids is 1. The van der Waals surface area contributed by atoms with E-state index in [0.29, 0.717) is 12.1 Å². The van der Waals surface area contributed by atoms with E-state index in [1.165, 1.54) is 12.5 Å². The summed E-state index contributed by atoms with van der Waals surface area (Å²) in [4.78, 5) is 57.2. The van der Waals surface area contributed by atoms with Gasteiger partial charge in [-0.1, -0.05) is 50.6 Å². The third-order valence-corrected chi connectivity index (χ3v) is 5.84. The number of carboxylic acids is 1. The van der Waals surface area contributed by atoms with Crippen LogP contribution in [0.5, 0.6) is 0 Å². The van der Waals surface area contributed by atoms with E-state index in [1.54, 1.807) is 37.3 Å². The minimum Gasteiger partial charge on any atom is -0.480 e. The van der Waals surface area contributed by atoms with Crippen molar-refractivity contribution < 1.29 is 29.4 Å². The lowest BCUT2D eigenvalue weighted by Crippen LogP contribution is -2.59. The Kier molecular flexibility index (Phi) is 11.0. The fraction of sp³-hybridized carbons (Fsp3) is 0.458. The summed E-state index contributed by atoms with van der Waals surface area (Å²) in [6, 6.07) is 4.24. The normalized spacial score (nSPS) is 15.1. The molecule has 0 saturated carbocycles. The molecule has 0 fully saturated rings. The second kappa shape index (κ2) is 14.0. The van der Waals surface area contributed by atoms with Gasteiger partial charge < -0.3 is 36.9 Å². The first-order chi connectivity index (χ1) is 17.2. The number of aliphatic hydroxyl groups excluding tert-OH is 1. The summed E-state index contributed by atoms with van der Waals surface area (Å²) in [5, 5.41) is 26.5. The Balaban J connectivity index is 2.19. The van der Waals surface area contributed by atoms with E-state index in [2.05, 4.69) is 25.9 Å². The SMILES string of the molecule is CCC(C)C(NC(=O)C(Cc1cnc[nH]1)NC(=O)C(N)CO)C(=O)NC(Cc1ccccc1)C(=O)O. The number of rotatable bonds is 14.